The van der Waals surface area contributed by atoms with Crippen LogP contribution in [-0.4, -0.2) is 23.6 Å². The number of imide groups is 2. The summed E-state index contributed by atoms with van der Waals surface area (Å²) in [6, 6.07) is 15.3. The van der Waals surface area contributed by atoms with E-state index in [0.717, 1.165) is 24.3 Å². The maximum absolute atomic E-state index is 14.8. The smallest absolute Gasteiger partial charge is 0.266 e. The molecule has 2 aliphatic heterocycles. The van der Waals surface area contributed by atoms with Crippen molar-refractivity contribution < 1.29 is 28.0 Å². The van der Waals surface area contributed by atoms with Gasteiger partial charge < -0.3 is 0 Å². The van der Waals surface area contributed by atoms with Gasteiger partial charge in [0.15, 0.2) is 0 Å². The Hall–Kier alpha value is -5.74. The first-order valence-corrected chi connectivity index (χ1v) is 11.0. The van der Waals surface area contributed by atoms with E-state index in [1.807, 2.05) is 0 Å². The number of carbonyl (C=O) groups excluding carboxylic acids is 4. The van der Waals surface area contributed by atoms with Gasteiger partial charge >= 0.3 is 0 Å². The molecule has 4 aromatic carbocycles. The van der Waals surface area contributed by atoms with Gasteiger partial charge in [-0.15, -0.1) is 0 Å². The second-order valence-corrected chi connectivity index (χ2v) is 8.52. The number of carbonyl (C=O) groups is 4. The van der Waals surface area contributed by atoms with Gasteiger partial charge in [0.1, 0.15) is 11.6 Å². The molecule has 0 fully saturated rings. The minimum atomic E-state index is -0.953. The number of amides is 4. The lowest BCUT2D eigenvalue weighted by Crippen LogP contribution is -2.44. The molecule has 0 atom stereocenters. The van der Waals surface area contributed by atoms with Gasteiger partial charge in [-0.3, -0.25) is 19.2 Å². The average molecular weight is 504 g/mol. The minimum Gasteiger partial charge on any atom is -0.268 e. The Morgan fingerprint density at radius 3 is 1.11 bits per heavy atom. The molecule has 38 heavy (non-hydrogen) atoms. The number of anilines is 2. The van der Waals surface area contributed by atoms with Gasteiger partial charge in [0.05, 0.1) is 34.6 Å². The highest BCUT2D eigenvalue weighted by Crippen LogP contribution is 2.40. The zero-order valence-electron chi connectivity index (χ0n) is 19.0. The summed E-state index contributed by atoms with van der Waals surface area (Å²) >= 11 is 0. The van der Waals surface area contributed by atoms with Crippen LogP contribution in [0.2, 0.25) is 0 Å². The molecule has 0 bridgehead atoms. The van der Waals surface area contributed by atoms with Crippen LogP contribution in [0.5, 0.6) is 0 Å². The highest BCUT2D eigenvalue weighted by molar-refractivity contribution is 6.42. The van der Waals surface area contributed by atoms with Crippen molar-refractivity contribution in [2.75, 3.05) is 9.80 Å². The molecular weight excluding hydrogens is 494 g/mol. The molecule has 10 heteroatoms. The molecule has 4 amide bonds. The number of hydrogen-bond acceptors (Lipinski definition) is 6. The third-order valence-corrected chi connectivity index (χ3v) is 6.53. The maximum atomic E-state index is 14.8. The van der Waals surface area contributed by atoms with Crippen molar-refractivity contribution in [3.8, 4) is 12.1 Å². The van der Waals surface area contributed by atoms with Crippen LogP contribution in [0.3, 0.4) is 0 Å². The summed E-state index contributed by atoms with van der Waals surface area (Å²) in [5, 5.41) is 18.1. The first kappa shape index (κ1) is 22.7. The predicted octanol–water partition coefficient (Wildman–Crippen LogP) is 4.46. The molecule has 8 nitrogen and oxygen atoms in total. The molecule has 0 aromatic heterocycles. The van der Waals surface area contributed by atoms with E-state index in [4.69, 9.17) is 10.5 Å². The molecule has 0 saturated carbocycles. The zero-order valence-corrected chi connectivity index (χ0v) is 19.0. The van der Waals surface area contributed by atoms with Gasteiger partial charge in [-0.05, 0) is 60.7 Å². The molecule has 0 aliphatic carbocycles. The first-order chi connectivity index (χ1) is 18.3. The summed E-state index contributed by atoms with van der Waals surface area (Å²) < 4.78 is 29.5. The van der Waals surface area contributed by atoms with Crippen LogP contribution < -0.4 is 9.80 Å². The number of nitrogens with zero attached hydrogens (tertiary/aromatic N) is 4. The second kappa shape index (κ2) is 7.88. The van der Waals surface area contributed by atoms with E-state index in [0.29, 0.717) is 9.80 Å². The molecular formula is C28H10F2N4O4. The highest BCUT2D eigenvalue weighted by atomic mass is 19.1. The van der Waals surface area contributed by atoms with Crippen molar-refractivity contribution in [3.63, 3.8) is 0 Å². The van der Waals surface area contributed by atoms with E-state index >= 15 is 0 Å². The third kappa shape index (κ3) is 2.92. The Morgan fingerprint density at radius 1 is 0.526 bits per heavy atom. The van der Waals surface area contributed by atoms with Gasteiger partial charge in [-0.25, -0.2) is 18.6 Å². The summed E-state index contributed by atoms with van der Waals surface area (Å²) in [5.41, 5.74) is -0.861. The lowest BCUT2D eigenvalue weighted by atomic mass is 9.85. The van der Waals surface area contributed by atoms with Crippen LogP contribution in [0.1, 0.15) is 52.6 Å². The summed E-state index contributed by atoms with van der Waals surface area (Å²) in [5.74, 6) is -5.42. The standard InChI is InChI=1S/C28H10F2N4O4/c29-19-9-13(11-31)1-7-21(19)33-25(35)15-3-5-17-24-18(6-4-16(23(15)24)26(33)36)28(38)34(27(17)37)22-8-2-14(12-32)10-20(22)30/h1-10H. The van der Waals surface area contributed by atoms with E-state index in [-0.39, 0.29) is 55.5 Å². The molecule has 6 rings (SSSR count). The molecule has 2 aliphatic rings. The summed E-state index contributed by atoms with van der Waals surface area (Å²) in [6.45, 7) is 0. The fourth-order valence-electron chi connectivity index (χ4n) is 4.83. The number of rotatable bonds is 2. The third-order valence-electron chi connectivity index (χ3n) is 6.53. The van der Waals surface area contributed by atoms with Crippen molar-refractivity contribution in [2.45, 2.75) is 0 Å². The van der Waals surface area contributed by atoms with Gasteiger partial charge in [0.25, 0.3) is 23.6 Å². The van der Waals surface area contributed by atoms with Crippen LogP contribution in [-0.2, 0) is 0 Å². The number of hydrogen-bond donors (Lipinski definition) is 0. The van der Waals surface area contributed by atoms with E-state index in [2.05, 4.69) is 0 Å². The van der Waals surface area contributed by atoms with Crippen molar-refractivity contribution >= 4 is 45.8 Å². The van der Waals surface area contributed by atoms with Gasteiger partial charge in [0, 0.05) is 33.0 Å². The van der Waals surface area contributed by atoms with E-state index in [9.17, 15) is 28.0 Å². The fourth-order valence-corrected chi connectivity index (χ4v) is 4.83. The SMILES string of the molecule is N#Cc1ccc(N2C(=O)c3ccc4c5c(ccc(c35)C2=O)C(=O)N(c2ccc(C#N)cc2F)C4=O)c(F)c1. The van der Waals surface area contributed by atoms with Gasteiger partial charge in [0.2, 0.25) is 0 Å². The summed E-state index contributed by atoms with van der Waals surface area (Å²) in [4.78, 5) is 55.0. The number of halogens is 2. The average Bonchev–Trinajstić information content (AvgIpc) is 2.92. The van der Waals surface area contributed by atoms with Crippen molar-refractivity contribution in [2.24, 2.45) is 0 Å². The van der Waals surface area contributed by atoms with Crippen molar-refractivity contribution in [3.05, 3.63) is 106 Å². The second-order valence-electron chi connectivity index (χ2n) is 8.52. The van der Waals surface area contributed by atoms with Gasteiger partial charge in [-0.1, -0.05) is 0 Å². The number of nitriles is 2. The topological polar surface area (TPSA) is 122 Å². The van der Waals surface area contributed by atoms with Crippen molar-refractivity contribution in [1.82, 2.24) is 0 Å². The maximum Gasteiger partial charge on any atom is 0.266 e. The Kier molecular flexibility index (Phi) is 4.71. The zero-order chi connectivity index (χ0) is 26.9. The molecule has 0 unspecified atom stereocenters. The van der Waals surface area contributed by atoms with Crippen LogP contribution in [0, 0.1) is 34.3 Å². The lowest BCUT2D eigenvalue weighted by molar-refractivity contribution is 0.0872. The largest absolute Gasteiger partial charge is 0.268 e. The van der Waals surface area contributed by atoms with E-state index in [1.165, 1.54) is 36.4 Å². The molecule has 0 spiro atoms. The Labute approximate surface area is 212 Å². The molecule has 0 N–H and O–H groups in total. The van der Waals surface area contributed by atoms with E-state index in [1.54, 1.807) is 12.1 Å². The fraction of sp³-hybridized carbons (Fsp3) is 0. The summed E-state index contributed by atoms with van der Waals surface area (Å²) in [6.07, 6.45) is 0. The molecule has 0 radical (unpaired) electrons. The van der Waals surface area contributed by atoms with E-state index < -0.39 is 35.3 Å². The molecule has 2 heterocycles. The molecule has 180 valence electrons. The van der Waals surface area contributed by atoms with Crippen LogP contribution >= 0.6 is 0 Å². The quantitative estimate of drug-likeness (QED) is 0.372. The number of benzene rings is 4. The van der Waals surface area contributed by atoms with Crippen molar-refractivity contribution in [1.29, 1.82) is 10.5 Å². The monoisotopic (exact) mass is 504 g/mol. The highest BCUT2D eigenvalue weighted by Gasteiger charge is 2.41. The van der Waals surface area contributed by atoms with Crippen LogP contribution in [0.4, 0.5) is 20.2 Å². The molecule has 4 aromatic rings. The Balaban J connectivity index is 1.53. The van der Waals surface area contributed by atoms with Crippen LogP contribution in [0.15, 0.2) is 60.7 Å². The Morgan fingerprint density at radius 2 is 0.842 bits per heavy atom. The predicted molar refractivity (Wildman–Crippen MR) is 128 cm³/mol. The normalized spacial score (nSPS) is 14.1. The lowest BCUT2D eigenvalue weighted by Gasteiger charge is -2.32. The first-order valence-electron chi connectivity index (χ1n) is 11.0. The minimum absolute atomic E-state index is 0.00219. The Bertz CT molecular complexity index is 1710. The van der Waals surface area contributed by atoms with Gasteiger partial charge in [-0.2, -0.15) is 10.5 Å². The molecule has 0 saturated heterocycles. The summed E-state index contributed by atoms with van der Waals surface area (Å²) in [7, 11) is 0. The van der Waals surface area contributed by atoms with Crippen LogP contribution in [0.25, 0.3) is 10.8 Å².